The summed E-state index contributed by atoms with van der Waals surface area (Å²) in [6.45, 7) is 5.56. The number of hydrogen-bond donors (Lipinski definition) is 2. The molecule has 0 aliphatic rings. The number of pyridine rings is 1. The molecule has 2 N–H and O–H groups in total. The summed E-state index contributed by atoms with van der Waals surface area (Å²) < 4.78 is 5.12. The number of carbonyl (C=O) groups is 2. The van der Waals surface area contributed by atoms with Gasteiger partial charge < -0.3 is 19.9 Å². The van der Waals surface area contributed by atoms with Gasteiger partial charge in [-0.3, -0.25) is 9.59 Å². The molecule has 1 aromatic heterocycles. The first-order valence-electron chi connectivity index (χ1n) is 9.85. The summed E-state index contributed by atoms with van der Waals surface area (Å²) in [7, 11) is 0. The Bertz CT molecular complexity index is 1110. The fraction of sp³-hybridized carbons (Fsp3) is 0.261. The number of aryl methyl sites for hydroxylation is 1. The fourth-order valence-corrected chi connectivity index (χ4v) is 3.26. The van der Waals surface area contributed by atoms with Gasteiger partial charge in [0, 0.05) is 42.3 Å². The van der Waals surface area contributed by atoms with E-state index in [0.717, 1.165) is 12.2 Å². The molecule has 3 rings (SSSR count). The number of fused-ring (bicyclic) bond motifs is 1. The minimum absolute atomic E-state index is 0.138. The number of amides is 1. The number of aromatic nitrogens is 1. The molecule has 0 radical (unpaired) electrons. The van der Waals surface area contributed by atoms with Crippen molar-refractivity contribution < 1.29 is 14.3 Å². The maximum Gasteiger partial charge on any atom is 0.339 e. The Morgan fingerprint density at radius 3 is 2.67 bits per heavy atom. The summed E-state index contributed by atoms with van der Waals surface area (Å²) in [4.78, 5) is 41.1. The van der Waals surface area contributed by atoms with Gasteiger partial charge in [0.25, 0.3) is 5.91 Å². The molecule has 3 aromatic rings. The van der Waals surface area contributed by atoms with Crippen LogP contribution >= 0.6 is 0 Å². The summed E-state index contributed by atoms with van der Waals surface area (Å²) in [6.07, 6.45) is 0. The highest BCUT2D eigenvalue weighted by molar-refractivity contribution is 6.03. The van der Waals surface area contributed by atoms with Crippen LogP contribution < -0.4 is 15.8 Å². The van der Waals surface area contributed by atoms with Crippen molar-refractivity contribution in [3.63, 3.8) is 0 Å². The second-order valence-electron chi connectivity index (χ2n) is 6.94. The SMILES string of the molecule is CCN(CCNC(=O)COC(=O)c1cc(=O)[nH]c2ccccc12)c1cccc(C)c1. The first-order valence-corrected chi connectivity index (χ1v) is 9.85. The van der Waals surface area contributed by atoms with Crippen LogP contribution in [0.1, 0.15) is 22.8 Å². The van der Waals surface area contributed by atoms with E-state index in [1.54, 1.807) is 24.3 Å². The number of ether oxygens (including phenoxy) is 1. The van der Waals surface area contributed by atoms with E-state index in [9.17, 15) is 14.4 Å². The lowest BCUT2D eigenvalue weighted by Crippen LogP contribution is -2.37. The highest BCUT2D eigenvalue weighted by Crippen LogP contribution is 2.16. The van der Waals surface area contributed by atoms with Crippen LogP contribution in [0.5, 0.6) is 0 Å². The monoisotopic (exact) mass is 407 g/mol. The Kier molecular flexibility index (Phi) is 6.85. The molecule has 0 unspecified atom stereocenters. The van der Waals surface area contributed by atoms with E-state index in [4.69, 9.17) is 4.74 Å². The van der Waals surface area contributed by atoms with Crippen molar-refractivity contribution in [2.24, 2.45) is 0 Å². The molecular weight excluding hydrogens is 382 g/mol. The lowest BCUT2D eigenvalue weighted by Gasteiger charge is -2.23. The van der Waals surface area contributed by atoms with Gasteiger partial charge in [-0.2, -0.15) is 0 Å². The number of benzene rings is 2. The number of rotatable bonds is 8. The predicted molar refractivity (Wildman–Crippen MR) is 117 cm³/mol. The molecule has 30 heavy (non-hydrogen) atoms. The van der Waals surface area contributed by atoms with Gasteiger partial charge in [0.1, 0.15) is 0 Å². The van der Waals surface area contributed by atoms with Crippen LogP contribution in [0.15, 0.2) is 59.4 Å². The van der Waals surface area contributed by atoms with E-state index in [-0.39, 0.29) is 5.56 Å². The van der Waals surface area contributed by atoms with Crippen LogP contribution in [0.4, 0.5) is 5.69 Å². The zero-order chi connectivity index (χ0) is 21.5. The van der Waals surface area contributed by atoms with Gasteiger partial charge in [0.15, 0.2) is 6.61 Å². The zero-order valence-electron chi connectivity index (χ0n) is 17.1. The second-order valence-corrected chi connectivity index (χ2v) is 6.94. The Balaban J connectivity index is 1.52. The number of esters is 1. The molecular formula is C23H25N3O4. The van der Waals surface area contributed by atoms with Crippen LogP contribution in [0, 0.1) is 6.92 Å². The normalized spacial score (nSPS) is 10.6. The molecule has 7 heteroatoms. The van der Waals surface area contributed by atoms with Crippen molar-refractivity contribution >= 4 is 28.5 Å². The van der Waals surface area contributed by atoms with E-state index in [0.29, 0.717) is 24.0 Å². The summed E-state index contributed by atoms with van der Waals surface area (Å²) in [5.41, 5.74) is 2.55. The number of aromatic amines is 1. The molecule has 0 fully saturated rings. The molecule has 2 aromatic carbocycles. The van der Waals surface area contributed by atoms with Gasteiger partial charge in [-0.1, -0.05) is 30.3 Å². The van der Waals surface area contributed by atoms with Crippen LogP contribution in [0.2, 0.25) is 0 Å². The van der Waals surface area contributed by atoms with Gasteiger partial charge in [-0.05, 0) is 37.6 Å². The van der Waals surface area contributed by atoms with Crippen LogP contribution in [0.25, 0.3) is 10.9 Å². The number of anilines is 1. The maximum absolute atomic E-state index is 12.4. The Morgan fingerprint density at radius 1 is 1.10 bits per heavy atom. The van der Waals surface area contributed by atoms with Gasteiger partial charge in [-0.15, -0.1) is 0 Å². The zero-order valence-corrected chi connectivity index (χ0v) is 17.1. The molecule has 0 aliphatic carbocycles. The van der Waals surface area contributed by atoms with Gasteiger partial charge in [-0.25, -0.2) is 4.79 Å². The number of nitrogens with one attached hydrogen (secondary N) is 2. The van der Waals surface area contributed by atoms with Gasteiger partial charge in [0.05, 0.1) is 5.56 Å². The summed E-state index contributed by atoms with van der Waals surface area (Å²) in [5.74, 6) is -1.10. The van der Waals surface area contributed by atoms with Gasteiger partial charge in [0.2, 0.25) is 5.56 Å². The first-order chi connectivity index (χ1) is 14.5. The first kappa shape index (κ1) is 21.1. The number of carbonyl (C=O) groups excluding carboxylic acids is 2. The number of para-hydroxylation sites is 1. The van der Waals surface area contributed by atoms with Crippen molar-refractivity contribution in [3.05, 3.63) is 76.1 Å². The number of nitrogens with zero attached hydrogens (tertiary/aromatic N) is 1. The summed E-state index contributed by atoms with van der Waals surface area (Å²) in [5, 5.41) is 3.33. The minimum atomic E-state index is -0.706. The third-order valence-electron chi connectivity index (χ3n) is 4.76. The average Bonchev–Trinajstić information content (AvgIpc) is 2.74. The van der Waals surface area contributed by atoms with Crippen molar-refractivity contribution in [1.29, 1.82) is 0 Å². The number of H-pyrrole nitrogens is 1. The fourth-order valence-electron chi connectivity index (χ4n) is 3.26. The van der Waals surface area contributed by atoms with E-state index in [2.05, 4.69) is 28.2 Å². The van der Waals surface area contributed by atoms with E-state index in [1.807, 2.05) is 25.1 Å². The quantitative estimate of drug-likeness (QED) is 0.560. The Morgan fingerprint density at radius 2 is 1.90 bits per heavy atom. The highest BCUT2D eigenvalue weighted by Gasteiger charge is 2.15. The molecule has 0 atom stereocenters. The Hall–Kier alpha value is -3.61. The largest absolute Gasteiger partial charge is 0.452 e. The third kappa shape index (κ3) is 5.26. The second kappa shape index (κ2) is 9.73. The summed E-state index contributed by atoms with van der Waals surface area (Å²) in [6, 6.07) is 16.3. The molecule has 1 amide bonds. The molecule has 156 valence electrons. The third-order valence-corrected chi connectivity index (χ3v) is 4.76. The smallest absolute Gasteiger partial charge is 0.339 e. The van der Waals surface area contributed by atoms with Crippen molar-refractivity contribution in [2.45, 2.75) is 13.8 Å². The molecule has 0 aliphatic heterocycles. The highest BCUT2D eigenvalue weighted by atomic mass is 16.5. The molecule has 0 spiro atoms. The van der Waals surface area contributed by atoms with Crippen LogP contribution in [0.3, 0.4) is 0 Å². The minimum Gasteiger partial charge on any atom is -0.452 e. The van der Waals surface area contributed by atoms with Crippen molar-refractivity contribution in [3.8, 4) is 0 Å². The molecule has 0 saturated heterocycles. The molecule has 0 bridgehead atoms. The standard InChI is InChI=1S/C23H25N3O4/c1-3-26(17-8-6-7-16(2)13-17)12-11-24-22(28)15-30-23(29)19-14-21(27)25-20-10-5-4-9-18(19)20/h4-10,13-14H,3,11-12,15H2,1-2H3,(H,24,28)(H,25,27). The summed E-state index contributed by atoms with van der Waals surface area (Å²) >= 11 is 0. The van der Waals surface area contributed by atoms with E-state index >= 15 is 0 Å². The lowest BCUT2D eigenvalue weighted by atomic mass is 10.1. The number of hydrogen-bond acceptors (Lipinski definition) is 5. The topological polar surface area (TPSA) is 91.5 Å². The lowest BCUT2D eigenvalue weighted by molar-refractivity contribution is -0.124. The van der Waals surface area contributed by atoms with E-state index < -0.39 is 24.0 Å². The Labute approximate surface area is 174 Å². The van der Waals surface area contributed by atoms with Crippen LogP contribution in [-0.4, -0.2) is 43.1 Å². The molecule has 0 saturated carbocycles. The van der Waals surface area contributed by atoms with E-state index in [1.165, 1.54) is 11.6 Å². The van der Waals surface area contributed by atoms with Crippen molar-refractivity contribution in [1.82, 2.24) is 10.3 Å². The maximum atomic E-state index is 12.4. The molecule has 7 nitrogen and oxygen atoms in total. The number of likely N-dealkylation sites (N-methyl/N-ethyl adjacent to an activating group) is 1. The average molecular weight is 407 g/mol. The van der Waals surface area contributed by atoms with Crippen molar-refractivity contribution in [2.75, 3.05) is 31.1 Å². The van der Waals surface area contributed by atoms with Gasteiger partial charge >= 0.3 is 5.97 Å². The predicted octanol–water partition coefficient (Wildman–Crippen LogP) is 2.64. The molecule has 1 heterocycles. The van der Waals surface area contributed by atoms with Crippen LogP contribution in [-0.2, 0) is 9.53 Å².